The first-order chi connectivity index (χ1) is 9.22. The number of phenols is 1. The Balaban J connectivity index is 1.90. The van der Waals surface area contributed by atoms with Gasteiger partial charge in [0.15, 0.2) is 0 Å². The molecule has 1 aromatic carbocycles. The van der Waals surface area contributed by atoms with Crippen LogP contribution in [0.15, 0.2) is 42.9 Å². The van der Waals surface area contributed by atoms with Gasteiger partial charge in [-0.15, -0.1) is 0 Å². The third-order valence-electron chi connectivity index (χ3n) is 2.97. The number of anilines is 1. The highest BCUT2D eigenvalue weighted by Crippen LogP contribution is 2.25. The SMILES string of the molecule is Cn1cc(CNc2nccc3ccc(O)cc23)cn1. The molecule has 0 aliphatic carbocycles. The summed E-state index contributed by atoms with van der Waals surface area (Å²) in [6.07, 6.45) is 5.52. The predicted octanol–water partition coefficient (Wildman–Crippen LogP) is 2.29. The number of phenolic OH excluding ortho intramolecular Hbond substituents is 1. The van der Waals surface area contributed by atoms with E-state index in [1.807, 2.05) is 31.6 Å². The van der Waals surface area contributed by atoms with Crippen molar-refractivity contribution in [2.75, 3.05) is 5.32 Å². The number of rotatable bonds is 3. The topological polar surface area (TPSA) is 63.0 Å². The highest BCUT2D eigenvalue weighted by atomic mass is 16.3. The summed E-state index contributed by atoms with van der Waals surface area (Å²) in [6.45, 7) is 0.648. The van der Waals surface area contributed by atoms with Crippen molar-refractivity contribution >= 4 is 16.6 Å². The summed E-state index contributed by atoms with van der Waals surface area (Å²) in [5.41, 5.74) is 1.08. The van der Waals surface area contributed by atoms with Crippen molar-refractivity contribution in [3.05, 3.63) is 48.4 Å². The maximum Gasteiger partial charge on any atom is 0.134 e. The van der Waals surface area contributed by atoms with Crippen molar-refractivity contribution < 1.29 is 5.11 Å². The van der Waals surface area contributed by atoms with Crippen LogP contribution < -0.4 is 5.32 Å². The van der Waals surface area contributed by atoms with E-state index in [4.69, 9.17) is 0 Å². The number of nitrogens with one attached hydrogen (secondary N) is 1. The Morgan fingerprint density at radius 1 is 1.32 bits per heavy atom. The lowest BCUT2D eigenvalue weighted by molar-refractivity contribution is 0.476. The predicted molar refractivity (Wildman–Crippen MR) is 73.9 cm³/mol. The summed E-state index contributed by atoms with van der Waals surface area (Å²) in [7, 11) is 1.89. The van der Waals surface area contributed by atoms with E-state index in [2.05, 4.69) is 15.4 Å². The average molecular weight is 254 g/mol. The molecule has 0 spiro atoms. The molecule has 2 N–H and O–H groups in total. The van der Waals surface area contributed by atoms with Gasteiger partial charge in [-0.25, -0.2) is 4.98 Å². The molecule has 2 aromatic heterocycles. The molecule has 0 radical (unpaired) electrons. The minimum atomic E-state index is 0.241. The van der Waals surface area contributed by atoms with Crippen LogP contribution in [-0.4, -0.2) is 19.9 Å². The van der Waals surface area contributed by atoms with Gasteiger partial charge in [-0.1, -0.05) is 6.07 Å². The molecule has 0 bridgehead atoms. The van der Waals surface area contributed by atoms with Crippen LogP contribution in [0.2, 0.25) is 0 Å². The zero-order valence-corrected chi connectivity index (χ0v) is 10.5. The quantitative estimate of drug-likeness (QED) is 0.752. The molecule has 0 atom stereocenters. The van der Waals surface area contributed by atoms with Crippen LogP contribution in [0.5, 0.6) is 5.75 Å². The smallest absolute Gasteiger partial charge is 0.134 e. The molecule has 0 fully saturated rings. The van der Waals surface area contributed by atoms with E-state index >= 15 is 0 Å². The number of hydrogen-bond donors (Lipinski definition) is 2. The number of aromatic nitrogens is 3. The van der Waals surface area contributed by atoms with Gasteiger partial charge in [0.25, 0.3) is 0 Å². The molecule has 0 unspecified atom stereocenters. The highest BCUT2D eigenvalue weighted by molar-refractivity contribution is 5.92. The molecule has 2 heterocycles. The summed E-state index contributed by atoms with van der Waals surface area (Å²) in [6, 6.07) is 7.19. The molecule has 5 heteroatoms. The summed E-state index contributed by atoms with van der Waals surface area (Å²) >= 11 is 0. The maximum absolute atomic E-state index is 9.57. The van der Waals surface area contributed by atoms with Gasteiger partial charge >= 0.3 is 0 Å². The van der Waals surface area contributed by atoms with Gasteiger partial charge in [-0.05, 0) is 23.6 Å². The number of benzene rings is 1. The maximum atomic E-state index is 9.57. The van der Waals surface area contributed by atoms with E-state index < -0.39 is 0 Å². The Hall–Kier alpha value is -2.56. The van der Waals surface area contributed by atoms with E-state index in [9.17, 15) is 5.11 Å². The van der Waals surface area contributed by atoms with Gasteiger partial charge in [-0.3, -0.25) is 4.68 Å². The number of pyridine rings is 1. The van der Waals surface area contributed by atoms with E-state index in [-0.39, 0.29) is 5.75 Å². The monoisotopic (exact) mass is 254 g/mol. The van der Waals surface area contributed by atoms with Gasteiger partial charge in [0.1, 0.15) is 11.6 Å². The second kappa shape index (κ2) is 4.61. The molecule has 3 rings (SSSR count). The van der Waals surface area contributed by atoms with Crippen molar-refractivity contribution in [1.82, 2.24) is 14.8 Å². The summed E-state index contributed by atoms with van der Waals surface area (Å²) < 4.78 is 1.76. The van der Waals surface area contributed by atoms with Crippen molar-refractivity contribution in [2.45, 2.75) is 6.54 Å². The van der Waals surface area contributed by atoms with E-state index in [0.717, 1.165) is 22.2 Å². The molecule has 5 nitrogen and oxygen atoms in total. The Labute approximate surface area is 110 Å². The van der Waals surface area contributed by atoms with Crippen LogP contribution in [-0.2, 0) is 13.6 Å². The summed E-state index contributed by atoms with van der Waals surface area (Å²) in [4.78, 5) is 4.32. The highest BCUT2D eigenvalue weighted by Gasteiger charge is 2.04. The van der Waals surface area contributed by atoms with E-state index in [0.29, 0.717) is 6.54 Å². The fourth-order valence-electron chi connectivity index (χ4n) is 2.05. The van der Waals surface area contributed by atoms with E-state index in [1.165, 1.54) is 0 Å². The lowest BCUT2D eigenvalue weighted by Gasteiger charge is -2.08. The zero-order valence-electron chi connectivity index (χ0n) is 10.5. The molecule has 96 valence electrons. The van der Waals surface area contributed by atoms with Crippen molar-refractivity contribution in [3.63, 3.8) is 0 Å². The standard InChI is InChI=1S/C14H14N4O/c1-18-9-10(8-17-18)7-16-14-13-6-12(19)3-2-11(13)4-5-15-14/h2-6,8-9,19H,7H2,1H3,(H,15,16). The molecule has 0 aliphatic rings. The third kappa shape index (κ3) is 2.35. The van der Waals surface area contributed by atoms with Crippen molar-refractivity contribution in [1.29, 1.82) is 0 Å². The normalized spacial score (nSPS) is 10.8. The lowest BCUT2D eigenvalue weighted by Crippen LogP contribution is -2.01. The van der Waals surface area contributed by atoms with Gasteiger partial charge in [-0.2, -0.15) is 5.10 Å². The van der Waals surface area contributed by atoms with Gasteiger partial charge in [0.05, 0.1) is 6.20 Å². The van der Waals surface area contributed by atoms with Crippen LogP contribution in [0.25, 0.3) is 10.8 Å². The first-order valence-electron chi connectivity index (χ1n) is 6.01. The second-order valence-electron chi connectivity index (χ2n) is 4.44. The fourth-order valence-corrected chi connectivity index (χ4v) is 2.05. The van der Waals surface area contributed by atoms with E-state index in [1.54, 1.807) is 23.0 Å². The van der Waals surface area contributed by atoms with Crippen LogP contribution in [0, 0.1) is 0 Å². The van der Waals surface area contributed by atoms with Crippen molar-refractivity contribution in [2.24, 2.45) is 7.05 Å². The Bertz CT molecular complexity index is 720. The summed E-state index contributed by atoms with van der Waals surface area (Å²) in [5.74, 6) is 1.00. The third-order valence-corrected chi connectivity index (χ3v) is 2.97. The number of nitrogens with zero attached hydrogens (tertiary/aromatic N) is 3. The molecule has 0 saturated carbocycles. The number of hydrogen-bond acceptors (Lipinski definition) is 4. The minimum absolute atomic E-state index is 0.241. The average Bonchev–Trinajstić information content (AvgIpc) is 2.82. The zero-order chi connectivity index (χ0) is 13.2. The molecule has 3 aromatic rings. The summed E-state index contributed by atoms with van der Waals surface area (Å²) in [5, 5.41) is 18.9. The largest absolute Gasteiger partial charge is 0.508 e. The number of aryl methyl sites for hydroxylation is 1. The first kappa shape index (κ1) is 11.5. The van der Waals surface area contributed by atoms with Crippen LogP contribution in [0.3, 0.4) is 0 Å². The molecular formula is C14H14N4O. The van der Waals surface area contributed by atoms with Crippen LogP contribution in [0.4, 0.5) is 5.82 Å². The molecule has 0 saturated heterocycles. The lowest BCUT2D eigenvalue weighted by atomic mass is 10.1. The van der Waals surface area contributed by atoms with Gasteiger partial charge in [0.2, 0.25) is 0 Å². The molecule has 19 heavy (non-hydrogen) atoms. The molecule has 0 aliphatic heterocycles. The Morgan fingerprint density at radius 2 is 2.21 bits per heavy atom. The Morgan fingerprint density at radius 3 is 3.00 bits per heavy atom. The van der Waals surface area contributed by atoms with Crippen LogP contribution >= 0.6 is 0 Å². The number of aromatic hydroxyl groups is 1. The van der Waals surface area contributed by atoms with Crippen molar-refractivity contribution in [3.8, 4) is 5.75 Å². The first-order valence-corrected chi connectivity index (χ1v) is 6.01. The Kier molecular flexibility index (Phi) is 2.79. The number of fused-ring (bicyclic) bond motifs is 1. The molecular weight excluding hydrogens is 240 g/mol. The fraction of sp³-hybridized carbons (Fsp3) is 0.143. The van der Waals surface area contributed by atoms with Gasteiger partial charge in [0, 0.05) is 36.9 Å². The second-order valence-corrected chi connectivity index (χ2v) is 4.44. The minimum Gasteiger partial charge on any atom is -0.508 e. The van der Waals surface area contributed by atoms with Crippen LogP contribution in [0.1, 0.15) is 5.56 Å². The van der Waals surface area contributed by atoms with Gasteiger partial charge < -0.3 is 10.4 Å². The molecule has 0 amide bonds.